The van der Waals surface area contributed by atoms with Crippen LogP contribution in [0.3, 0.4) is 0 Å². The van der Waals surface area contributed by atoms with Gasteiger partial charge in [0.2, 0.25) is 5.91 Å². The molecule has 2 unspecified atom stereocenters. The molecule has 116 valence electrons. The lowest BCUT2D eigenvalue weighted by Gasteiger charge is -2.14. The third-order valence-corrected chi connectivity index (χ3v) is 3.76. The molecule has 2 atom stereocenters. The minimum atomic E-state index is -0.357. The molecule has 0 aliphatic carbocycles. The van der Waals surface area contributed by atoms with Gasteiger partial charge in [-0.25, -0.2) is 0 Å². The van der Waals surface area contributed by atoms with Gasteiger partial charge in [0, 0.05) is 32.0 Å². The Morgan fingerprint density at radius 1 is 1.43 bits per heavy atom. The predicted octanol–water partition coefficient (Wildman–Crippen LogP) is 0.714. The van der Waals surface area contributed by atoms with E-state index in [4.69, 9.17) is 4.74 Å². The number of aliphatic hydroxyl groups excluding tert-OH is 1. The number of aliphatic hydroxyl groups is 1. The van der Waals surface area contributed by atoms with Gasteiger partial charge < -0.3 is 20.5 Å². The normalized spacial score (nSPS) is 21.2. The van der Waals surface area contributed by atoms with E-state index in [-0.39, 0.29) is 17.9 Å². The van der Waals surface area contributed by atoms with Crippen LogP contribution in [0.5, 0.6) is 5.75 Å². The number of ether oxygens (including phenoxy) is 1. The molecular formula is C16H24N2O3. The van der Waals surface area contributed by atoms with Crippen molar-refractivity contribution in [2.75, 3.05) is 26.2 Å². The Labute approximate surface area is 125 Å². The first-order valence-electron chi connectivity index (χ1n) is 7.57. The van der Waals surface area contributed by atoms with Crippen molar-refractivity contribution >= 4 is 5.91 Å². The number of para-hydroxylation sites is 1. The van der Waals surface area contributed by atoms with Gasteiger partial charge in [0.1, 0.15) is 5.75 Å². The molecule has 0 bridgehead atoms. The van der Waals surface area contributed by atoms with Crippen molar-refractivity contribution in [3.63, 3.8) is 0 Å². The molecule has 1 fully saturated rings. The molecule has 2 rings (SSSR count). The number of amides is 1. The van der Waals surface area contributed by atoms with E-state index in [0.717, 1.165) is 17.9 Å². The van der Waals surface area contributed by atoms with Crippen LogP contribution in [0.2, 0.25) is 0 Å². The lowest BCUT2D eigenvalue weighted by atomic mass is 10.1. The number of hydrogen-bond acceptors (Lipinski definition) is 4. The van der Waals surface area contributed by atoms with Crippen molar-refractivity contribution in [2.45, 2.75) is 25.9 Å². The first kappa shape index (κ1) is 15.8. The minimum Gasteiger partial charge on any atom is -0.494 e. The molecule has 0 aromatic heterocycles. The molecule has 1 saturated heterocycles. The van der Waals surface area contributed by atoms with Crippen LogP contribution < -0.4 is 15.4 Å². The van der Waals surface area contributed by atoms with Gasteiger partial charge in [0.25, 0.3) is 0 Å². The number of carbonyl (C=O) groups is 1. The number of aryl methyl sites for hydroxylation is 1. The van der Waals surface area contributed by atoms with E-state index in [1.54, 1.807) is 0 Å². The fourth-order valence-electron chi connectivity index (χ4n) is 2.52. The Bertz CT molecular complexity index is 465. The molecule has 0 saturated carbocycles. The Kier molecular flexibility index (Phi) is 6.02. The summed E-state index contributed by atoms with van der Waals surface area (Å²) in [7, 11) is 0. The van der Waals surface area contributed by atoms with E-state index in [2.05, 4.69) is 10.6 Å². The second-order valence-electron chi connectivity index (χ2n) is 5.33. The molecule has 1 aromatic rings. The average molecular weight is 292 g/mol. The molecule has 5 heteroatoms. The summed E-state index contributed by atoms with van der Waals surface area (Å²) in [5.74, 6) is 0.980. The number of nitrogens with one attached hydrogen (secondary N) is 2. The zero-order valence-corrected chi connectivity index (χ0v) is 12.5. The summed E-state index contributed by atoms with van der Waals surface area (Å²) in [6, 6.07) is 7.81. The van der Waals surface area contributed by atoms with Crippen LogP contribution in [0, 0.1) is 5.92 Å². The number of carbonyl (C=O) groups excluding carboxylic acids is 1. The largest absolute Gasteiger partial charge is 0.494 e. The summed E-state index contributed by atoms with van der Waals surface area (Å²) < 4.78 is 5.55. The summed E-state index contributed by atoms with van der Waals surface area (Å²) in [6.45, 7) is 4.47. The van der Waals surface area contributed by atoms with Crippen LogP contribution >= 0.6 is 0 Å². The van der Waals surface area contributed by atoms with E-state index in [9.17, 15) is 9.90 Å². The second kappa shape index (κ2) is 8.00. The monoisotopic (exact) mass is 292 g/mol. The van der Waals surface area contributed by atoms with Gasteiger partial charge in [0.05, 0.1) is 12.7 Å². The lowest BCUT2D eigenvalue weighted by molar-refractivity contribution is -0.121. The first-order valence-corrected chi connectivity index (χ1v) is 7.57. The van der Waals surface area contributed by atoms with Crippen molar-refractivity contribution < 1.29 is 14.6 Å². The molecule has 1 heterocycles. The van der Waals surface area contributed by atoms with Crippen LogP contribution in [0.1, 0.15) is 18.9 Å². The van der Waals surface area contributed by atoms with Crippen LogP contribution in [0.25, 0.3) is 0 Å². The van der Waals surface area contributed by atoms with E-state index in [1.165, 1.54) is 0 Å². The molecule has 0 spiro atoms. The smallest absolute Gasteiger partial charge is 0.220 e. The third kappa shape index (κ3) is 4.72. The molecule has 5 nitrogen and oxygen atoms in total. The maximum Gasteiger partial charge on any atom is 0.220 e. The van der Waals surface area contributed by atoms with Gasteiger partial charge in [-0.15, -0.1) is 0 Å². The number of hydrogen-bond donors (Lipinski definition) is 3. The highest BCUT2D eigenvalue weighted by atomic mass is 16.5. The molecule has 1 amide bonds. The van der Waals surface area contributed by atoms with E-state index in [1.807, 2.05) is 31.2 Å². The molecule has 21 heavy (non-hydrogen) atoms. The summed E-state index contributed by atoms with van der Waals surface area (Å²) in [6.07, 6.45) is 0.734. The highest BCUT2D eigenvalue weighted by Crippen LogP contribution is 2.19. The van der Waals surface area contributed by atoms with Gasteiger partial charge in [-0.1, -0.05) is 18.2 Å². The van der Waals surface area contributed by atoms with E-state index >= 15 is 0 Å². The number of β-amino-alcohol motifs (C(OH)–C–C–N with tert-alkyl or cyclic N) is 1. The van der Waals surface area contributed by atoms with Crippen LogP contribution in [-0.4, -0.2) is 43.4 Å². The maximum absolute atomic E-state index is 11.9. The number of benzene rings is 1. The molecule has 1 aliphatic rings. The topological polar surface area (TPSA) is 70.6 Å². The zero-order valence-electron chi connectivity index (χ0n) is 12.5. The Hall–Kier alpha value is -1.59. The Morgan fingerprint density at radius 2 is 2.24 bits per heavy atom. The molecule has 0 radical (unpaired) electrons. The third-order valence-electron chi connectivity index (χ3n) is 3.76. The average Bonchev–Trinajstić information content (AvgIpc) is 2.90. The van der Waals surface area contributed by atoms with Crippen molar-refractivity contribution in [3.05, 3.63) is 29.8 Å². The fraction of sp³-hybridized carbons (Fsp3) is 0.562. The highest BCUT2D eigenvalue weighted by molar-refractivity contribution is 5.76. The number of rotatable bonds is 7. The van der Waals surface area contributed by atoms with Gasteiger partial charge in [-0.3, -0.25) is 4.79 Å². The Morgan fingerprint density at radius 3 is 2.95 bits per heavy atom. The van der Waals surface area contributed by atoms with Gasteiger partial charge >= 0.3 is 0 Å². The van der Waals surface area contributed by atoms with E-state index in [0.29, 0.717) is 32.5 Å². The van der Waals surface area contributed by atoms with Crippen molar-refractivity contribution in [2.24, 2.45) is 5.92 Å². The van der Waals surface area contributed by atoms with Crippen molar-refractivity contribution in [1.29, 1.82) is 0 Å². The van der Waals surface area contributed by atoms with Crippen LogP contribution in [0.15, 0.2) is 24.3 Å². The van der Waals surface area contributed by atoms with Crippen LogP contribution in [-0.2, 0) is 11.2 Å². The molecule has 1 aromatic carbocycles. The van der Waals surface area contributed by atoms with Crippen molar-refractivity contribution in [1.82, 2.24) is 10.6 Å². The first-order chi connectivity index (χ1) is 10.2. The van der Waals surface area contributed by atoms with E-state index < -0.39 is 0 Å². The molecule has 3 N–H and O–H groups in total. The van der Waals surface area contributed by atoms with Gasteiger partial charge in [-0.2, -0.15) is 0 Å². The highest BCUT2D eigenvalue weighted by Gasteiger charge is 2.24. The summed E-state index contributed by atoms with van der Waals surface area (Å²) in [5.41, 5.74) is 1.05. The standard InChI is InChI=1S/C16H24N2O3/c1-2-21-15-6-4-3-5-12(15)7-8-16(20)18-10-13-9-17-11-14(13)19/h3-6,13-14,17,19H,2,7-11H2,1H3,(H,18,20). The maximum atomic E-state index is 11.9. The van der Waals surface area contributed by atoms with Gasteiger partial charge in [-0.05, 0) is 25.0 Å². The second-order valence-corrected chi connectivity index (χ2v) is 5.33. The predicted molar refractivity (Wildman–Crippen MR) is 81.3 cm³/mol. The lowest BCUT2D eigenvalue weighted by Crippen LogP contribution is -2.34. The summed E-state index contributed by atoms with van der Waals surface area (Å²) >= 11 is 0. The summed E-state index contributed by atoms with van der Waals surface area (Å²) in [5, 5.41) is 15.7. The zero-order chi connectivity index (χ0) is 15.1. The molecule has 1 aliphatic heterocycles. The van der Waals surface area contributed by atoms with Gasteiger partial charge in [0.15, 0.2) is 0 Å². The quantitative estimate of drug-likeness (QED) is 0.692. The SMILES string of the molecule is CCOc1ccccc1CCC(=O)NCC1CNCC1O. The summed E-state index contributed by atoms with van der Waals surface area (Å²) in [4.78, 5) is 11.9. The minimum absolute atomic E-state index is 0.0143. The molecular weight excluding hydrogens is 268 g/mol. The van der Waals surface area contributed by atoms with Crippen LogP contribution in [0.4, 0.5) is 0 Å². The van der Waals surface area contributed by atoms with Crippen molar-refractivity contribution in [3.8, 4) is 5.75 Å². The Balaban J connectivity index is 1.76. The fourth-order valence-corrected chi connectivity index (χ4v) is 2.52.